The lowest BCUT2D eigenvalue weighted by Gasteiger charge is -2.43. The largest absolute Gasteiger partial charge is 0.389 e. The van der Waals surface area contributed by atoms with Crippen LogP contribution in [0.3, 0.4) is 0 Å². The highest BCUT2D eigenvalue weighted by Crippen LogP contribution is 2.15. The zero-order valence-corrected chi connectivity index (χ0v) is 10.8. The molecule has 1 rings (SSSR count). The van der Waals surface area contributed by atoms with Gasteiger partial charge in [-0.2, -0.15) is 0 Å². The van der Waals surface area contributed by atoms with E-state index in [1.807, 2.05) is 13.8 Å². The van der Waals surface area contributed by atoms with Gasteiger partial charge in [0.1, 0.15) is 0 Å². The third-order valence-corrected chi connectivity index (χ3v) is 3.04. The number of rotatable bonds is 3. The van der Waals surface area contributed by atoms with Crippen LogP contribution in [0.25, 0.3) is 0 Å². The number of nitrogens with zero attached hydrogens (tertiary/aromatic N) is 2. The van der Waals surface area contributed by atoms with E-state index in [2.05, 4.69) is 30.6 Å². The van der Waals surface area contributed by atoms with Crippen molar-refractivity contribution in [3.05, 3.63) is 0 Å². The molecule has 1 N–H and O–H groups in total. The summed E-state index contributed by atoms with van der Waals surface area (Å²) in [5, 5.41) is 9.78. The molecular formula is C12H26N2O. The summed E-state index contributed by atoms with van der Waals surface area (Å²) in [6.45, 7) is 14.6. The predicted octanol–water partition coefficient (Wildman–Crippen LogP) is 1.17. The first kappa shape index (κ1) is 12.9. The summed E-state index contributed by atoms with van der Waals surface area (Å²) in [4.78, 5) is 4.89. The van der Waals surface area contributed by atoms with E-state index in [0.717, 1.165) is 26.2 Å². The van der Waals surface area contributed by atoms with Gasteiger partial charge in [-0.1, -0.05) is 0 Å². The third kappa shape index (κ3) is 4.09. The van der Waals surface area contributed by atoms with Gasteiger partial charge in [0.05, 0.1) is 5.60 Å². The Hall–Kier alpha value is -0.120. The quantitative estimate of drug-likeness (QED) is 0.764. The topological polar surface area (TPSA) is 26.7 Å². The summed E-state index contributed by atoms with van der Waals surface area (Å²) < 4.78 is 0. The minimum atomic E-state index is -0.570. The second-order valence-electron chi connectivity index (χ2n) is 5.73. The van der Waals surface area contributed by atoms with Gasteiger partial charge in [0.25, 0.3) is 0 Å². The van der Waals surface area contributed by atoms with Crippen LogP contribution in [0.2, 0.25) is 0 Å². The van der Waals surface area contributed by atoms with Crippen LogP contribution >= 0.6 is 0 Å². The Morgan fingerprint density at radius 2 is 1.93 bits per heavy atom. The predicted molar refractivity (Wildman–Crippen MR) is 64.0 cm³/mol. The van der Waals surface area contributed by atoms with Crippen LogP contribution in [-0.4, -0.2) is 58.8 Å². The summed E-state index contributed by atoms with van der Waals surface area (Å²) in [7, 11) is 0. The first-order chi connectivity index (χ1) is 6.79. The van der Waals surface area contributed by atoms with Gasteiger partial charge in [0.15, 0.2) is 0 Å². The number of aliphatic hydroxyl groups is 1. The maximum absolute atomic E-state index is 9.78. The lowest BCUT2D eigenvalue weighted by Crippen LogP contribution is -2.56. The molecule has 1 aliphatic rings. The second kappa shape index (κ2) is 4.81. The summed E-state index contributed by atoms with van der Waals surface area (Å²) in [6.07, 6.45) is 0. The van der Waals surface area contributed by atoms with Crippen LogP contribution in [0.1, 0.15) is 34.6 Å². The van der Waals surface area contributed by atoms with Gasteiger partial charge >= 0.3 is 0 Å². The molecule has 0 aromatic heterocycles. The molecule has 0 aromatic carbocycles. The fourth-order valence-electron chi connectivity index (χ4n) is 2.51. The van der Waals surface area contributed by atoms with Crippen molar-refractivity contribution in [3.63, 3.8) is 0 Å². The number of piperazine rings is 1. The molecule has 0 radical (unpaired) electrons. The molecular weight excluding hydrogens is 188 g/mol. The molecule has 1 aliphatic heterocycles. The Balaban J connectivity index is 2.44. The van der Waals surface area contributed by atoms with Gasteiger partial charge in [-0.3, -0.25) is 9.80 Å². The molecule has 1 fully saturated rings. The molecule has 3 heteroatoms. The Morgan fingerprint density at radius 3 is 2.33 bits per heavy atom. The molecule has 0 amide bonds. The number of β-amino-alcohol motifs (C(OH)–C–C–N with tert-alkyl or cyclic N) is 1. The van der Waals surface area contributed by atoms with E-state index in [1.54, 1.807) is 0 Å². The summed E-state index contributed by atoms with van der Waals surface area (Å²) in [5.41, 5.74) is -0.570. The first-order valence-electron chi connectivity index (χ1n) is 6.00. The van der Waals surface area contributed by atoms with Crippen molar-refractivity contribution in [2.45, 2.75) is 52.3 Å². The Morgan fingerprint density at radius 1 is 1.33 bits per heavy atom. The van der Waals surface area contributed by atoms with Crippen molar-refractivity contribution in [2.75, 3.05) is 26.2 Å². The molecule has 1 heterocycles. The second-order valence-corrected chi connectivity index (χ2v) is 5.73. The van der Waals surface area contributed by atoms with Gasteiger partial charge in [-0.15, -0.1) is 0 Å². The highest BCUT2D eigenvalue weighted by Gasteiger charge is 2.27. The Labute approximate surface area is 94.1 Å². The van der Waals surface area contributed by atoms with E-state index >= 15 is 0 Å². The highest BCUT2D eigenvalue weighted by molar-refractivity contribution is 4.83. The molecule has 1 saturated heterocycles. The molecule has 1 unspecified atom stereocenters. The normalized spacial score (nSPS) is 26.2. The van der Waals surface area contributed by atoms with Crippen LogP contribution in [0.15, 0.2) is 0 Å². The van der Waals surface area contributed by atoms with E-state index in [1.165, 1.54) is 0 Å². The Kier molecular flexibility index (Phi) is 4.15. The molecule has 0 saturated carbocycles. The minimum Gasteiger partial charge on any atom is -0.389 e. The molecule has 0 aliphatic carbocycles. The average Bonchev–Trinajstić information content (AvgIpc) is 1.99. The van der Waals surface area contributed by atoms with Gasteiger partial charge in [-0.05, 0) is 34.6 Å². The molecule has 0 bridgehead atoms. The van der Waals surface area contributed by atoms with Gasteiger partial charge < -0.3 is 5.11 Å². The minimum absolute atomic E-state index is 0.570. The smallest absolute Gasteiger partial charge is 0.0718 e. The van der Waals surface area contributed by atoms with Gasteiger partial charge in [0, 0.05) is 38.3 Å². The summed E-state index contributed by atoms with van der Waals surface area (Å²) >= 11 is 0. The zero-order valence-electron chi connectivity index (χ0n) is 10.8. The van der Waals surface area contributed by atoms with E-state index in [0.29, 0.717) is 12.1 Å². The van der Waals surface area contributed by atoms with Crippen LogP contribution in [-0.2, 0) is 0 Å². The monoisotopic (exact) mass is 214 g/mol. The van der Waals surface area contributed by atoms with Crippen molar-refractivity contribution in [3.8, 4) is 0 Å². The molecule has 15 heavy (non-hydrogen) atoms. The van der Waals surface area contributed by atoms with E-state index in [4.69, 9.17) is 0 Å². The molecule has 90 valence electrons. The van der Waals surface area contributed by atoms with Crippen molar-refractivity contribution in [2.24, 2.45) is 0 Å². The molecule has 0 spiro atoms. The van der Waals surface area contributed by atoms with Gasteiger partial charge in [-0.25, -0.2) is 0 Å². The lowest BCUT2D eigenvalue weighted by molar-refractivity contribution is -0.00326. The van der Waals surface area contributed by atoms with Crippen LogP contribution in [0.5, 0.6) is 0 Å². The molecule has 1 atom stereocenters. The SMILES string of the molecule is CC(C)N1CCN(CC(C)(C)O)CC1C. The third-order valence-electron chi connectivity index (χ3n) is 3.04. The number of hydrogen-bond donors (Lipinski definition) is 1. The fraction of sp³-hybridized carbons (Fsp3) is 1.00. The van der Waals surface area contributed by atoms with Crippen LogP contribution < -0.4 is 0 Å². The van der Waals surface area contributed by atoms with Gasteiger partial charge in [0.2, 0.25) is 0 Å². The lowest BCUT2D eigenvalue weighted by atomic mass is 10.1. The fourth-order valence-corrected chi connectivity index (χ4v) is 2.51. The maximum atomic E-state index is 9.78. The van der Waals surface area contributed by atoms with E-state index < -0.39 is 5.60 Å². The van der Waals surface area contributed by atoms with Crippen molar-refractivity contribution < 1.29 is 5.11 Å². The summed E-state index contributed by atoms with van der Waals surface area (Å²) in [6, 6.07) is 1.23. The molecule has 0 aromatic rings. The first-order valence-corrected chi connectivity index (χ1v) is 6.00. The van der Waals surface area contributed by atoms with E-state index in [9.17, 15) is 5.11 Å². The van der Waals surface area contributed by atoms with E-state index in [-0.39, 0.29) is 0 Å². The summed E-state index contributed by atoms with van der Waals surface area (Å²) in [5.74, 6) is 0. The van der Waals surface area contributed by atoms with Crippen LogP contribution in [0.4, 0.5) is 0 Å². The number of hydrogen-bond acceptors (Lipinski definition) is 3. The van der Waals surface area contributed by atoms with Crippen molar-refractivity contribution >= 4 is 0 Å². The standard InChI is InChI=1S/C12H26N2O/c1-10(2)14-7-6-13(8-11(14)3)9-12(4,5)15/h10-11,15H,6-9H2,1-5H3. The van der Waals surface area contributed by atoms with Crippen molar-refractivity contribution in [1.29, 1.82) is 0 Å². The molecule has 3 nitrogen and oxygen atoms in total. The van der Waals surface area contributed by atoms with Crippen molar-refractivity contribution in [1.82, 2.24) is 9.80 Å². The zero-order chi connectivity index (χ0) is 11.6. The highest BCUT2D eigenvalue weighted by atomic mass is 16.3. The van der Waals surface area contributed by atoms with Crippen LogP contribution in [0, 0.1) is 0 Å². The maximum Gasteiger partial charge on any atom is 0.0718 e. The average molecular weight is 214 g/mol. The Bertz CT molecular complexity index is 198.